The van der Waals surface area contributed by atoms with Gasteiger partial charge in [-0.25, -0.2) is 14.8 Å². The molecule has 10 heteroatoms. The van der Waals surface area contributed by atoms with Crippen LogP contribution in [0.5, 0.6) is 5.75 Å². The number of rotatable bonds is 1. The molecule has 0 bridgehead atoms. The Morgan fingerprint density at radius 3 is 2.48 bits per heavy atom. The number of halogens is 2. The predicted octanol–water partition coefficient (Wildman–Crippen LogP) is 2.16. The van der Waals surface area contributed by atoms with E-state index in [2.05, 4.69) is 14.7 Å². The molecule has 0 spiro atoms. The number of fused-ring (bicyclic) bond motifs is 1. The molecule has 25 heavy (non-hydrogen) atoms. The third kappa shape index (κ3) is 4.37. The van der Waals surface area contributed by atoms with E-state index in [1.165, 1.54) is 24.5 Å². The number of methoxy groups -OCH3 is 1. The minimum absolute atomic E-state index is 0.192. The summed E-state index contributed by atoms with van der Waals surface area (Å²) in [7, 11) is 1.13. The fourth-order valence-corrected chi connectivity index (χ4v) is 2.00. The summed E-state index contributed by atoms with van der Waals surface area (Å²) in [6.45, 7) is 0. The number of nitrogen functional groups attached to an aromatic ring is 1. The number of ether oxygens (including phenoxy) is 1. The molecule has 0 amide bonds. The van der Waals surface area contributed by atoms with E-state index in [0.717, 1.165) is 11.5 Å². The maximum Gasteiger partial charge on any atom is 0.360 e. The van der Waals surface area contributed by atoms with E-state index in [0.29, 0.717) is 15.9 Å². The largest absolute Gasteiger partial charge is 0.501 e. The number of hydrogen-bond donors (Lipinski definition) is 2. The number of anilines is 1. The summed E-state index contributed by atoms with van der Waals surface area (Å²) in [4.78, 5) is 30.6. The van der Waals surface area contributed by atoms with Crippen molar-refractivity contribution < 1.29 is 14.6 Å². The first-order valence-corrected chi connectivity index (χ1v) is 7.45. The van der Waals surface area contributed by atoms with Gasteiger partial charge in [0.25, 0.3) is 0 Å². The van der Waals surface area contributed by atoms with Gasteiger partial charge in [0.05, 0.1) is 17.2 Å². The molecule has 0 saturated heterocycles. The Morgan fingerprint density at radius 1 is 1.24 bits per heavy atom. The van der Waals surface area contributed by atoms with Crippen molar-refractivity contribution in [3.63, 3.8) is 0 Å². The lowest BCUT2D eigenvalue weighted by molar-refractivity contribution is 0.0590. The third-order valence-electron chi connectivity index (χ3n) is 2.89. The molecule has 0 saturated carbocycles. The van der Waals surface area contributed by atoms with Gasteiger partial charge in [-0.3, -0.25) is 9.20 Å². The van der Waals surface area contributed by atoms with Crippen LogP contribution in [0.4, 0.5) is 5.82 Å². The topological polar surface area (TPSA) is 120 Å². The molecule has 3 heterocycles. The Labute approximate surface area is 151 Å². The molecular formula is C15H12Cl2N4O4. The summed E-state index contributed by atoms with van der Waals surface area (Å²) in [5.74, 6) is -1.15. The quantitative estimate of drug-likeness (QED) is 0.618. The lowest BCUT2D eigenvalue weighted by Gasteiger charge is -2.05. The van der Waals surface area contributed by atoms with Crippen LogP contribution in [0.1, 0.15) is 10.5 Å². The number of pyridine rings is 2. The molecule has 8 nitrogen and oxygen atoms in total. The lowest BCUT2D eigenvalue weighted by atomic mass is 10.3. The van der Waals surface area contributed by atoms with Crippen LogP contribution in [-0.2, 0) is 4.74 Å². The molecule has 0 radical (unpaired) electrons. The van der Waals surface area contributed by atoms with Gasteiger partial charge < -0.3 is 15.6 Å². The molecule has 0 atom stereocenters. The van der Waals surface area contributed by atoms with Crippen molar-refractivity contribution in [2.45, 2.75) is 0 Å². The average molecular weight is 383 g/mol. The van der Waals surface area contributed by atoms with Crippen LogP contribution < -0.4 is 11.3 Å². The zero-order valence-electron chi connectivity index (χ0n) is 12.8. The molecule has 3 aromatic rings. The molecule has 0 fully saturated rings. The molecule has 130 valence electrons. The van der Waals surface area contributed by atoms with Crippen LogP contribution in [0, 0.1) is 0 Å². The van der Waals surface area contributed by atoms with Crippen molar-refractivity contribution in [2.75, 3.05) is 12.8 Å². The average Bonchev–Trinajstić information content (AvgIpc) is 2.61. The molecule has 3 rings (SSSR count). The van der Waals surface area contributed by atoms with Gasteiger partial charge in [0.15, 0.2) is 5.69 Å². The highest BCUT2D eigenvalue weighted by molar-refractivity contribution is 6.30. The van der Waals surface area contributed by atoms with Crippen molar-refractivity contribution in [2.24, 2.45) is 0 Å². The standard InChI is InChI=1S/C10H7ClN2O4.C5H5ClN2/c1-17-10(16)7-8(14)9(15)13-4-5(11)2-3-6(13)12-7;6-4-1-2-5(7)8-3-4/h2-4,14H,1H3;1-3H,(H2,7,8). The number of carbonyl (C=O) groups is 1. The highest BCUT2D eigenvalue weighted by Gasteiger charge is 2.18. The van der Waals surface area contributed by atoms with E-state index in [-0.39, 0.29) is 5.65 Å². The summed E-state index contributed by atoms with van der Waals surface area (Å²) < 4.78 is 5.45. The second-order valence-electron chi connectivity index (χ2n) is 4.58. The summed E-state index contributed by atoms with van der Waals surface area (Å²) in [5.41, 5.74) is 4.25. The highest BCUT2D eigenvalue weighted by Crippen LogP contribution is 2.14. The number of esters is 1. The molecule has 0 aliphatic rings. The van der Waals surface area contributed by atoms with Crippen molar-refractivity contribution >= 4 is 40.6 Å². The van der Waals surface area contributed by atoms with Gasteiger partial charge in [-0.2, -0.15) is 0 Å². The van der Waals surface area contributed by atoms with Gasteiger partial charge in [-0.05, 0) is 24.3 Å². The van der Waals surface area contributed by atoms with Gasteiger partial charge in [0.2, 0.25) is 5.75 Å². The monoisotopic (exact) mass is 382 g/mol. The molecule has 0 aliphatic carbocycles. The van der Waals surface area contributed by atoms with Crippen LogP contribution in [-0.4, -0.2) is 32.6 Å². The number of aromatic nitrogens is 3. The fraction of sp³-hybridized carbons (Fsp3) is 0.0667. The zero-order valence-corrected chi connectivity index (χ0v) is 14.3. The smallest absolute Gasteiger partial charge is 0.360 e. The zero-order chi connectivity index (χ0) is 18.6. The minimum atomic E-state index is -0.878. The third-order valence-corrected chi connectivity index (χ3v) is 3.34. The van der Waals surface area contributed by atoms with Crippen LogP contribution in [0.3, 0.4) is 0 Å². The van der Waals surface area contributed by atoms with E-state index >= 15 is 0 Å². The summed E-state index contributed by atoms with van der Waals surface area (Å²) in [5, 5.41) is 10.5. The summed E-state index contributed by atoms with van der Waals surface area (Å²) in [6, 6.07) is 6.32. The Hall–Kier alpha value is -2.84. The first kappa shape index (κ1) is 18.5. The van der Waals surface area contributed by atoms with E-state index in [4.69, 9.17) is 28.9 Å². The second kappa shape index (κ2) is 7.82. The van der Waals surface area contributed by atoms with Gasteiger partial charge in [-0.1, -0.05) is 23.2 Å². The maximum absolute atomic E-state index is 11.7. The van der Waals surface area contributed by atoms with Gasteiger partial charge in [0, 0.05) is 12.4 Å². The van der Waals surface area contributed by atoms with E-state index in [1.807, 2.05) is 0 Å². The predicted molar refractivity (Wildman–Crippen MR) is 93.1 cm³/mol. The number of nitrogens with zero attached hydrogens (tertiary/aromatic N) is 3. The van der Waals surface area contributed by atoms with Crippen LogP contribution in [0.2, 0.25) is 10.0 Å². The molecule has 3 aromatic heterocycles. The van der Waals surface area contributed by atoms with Gasteiger partial charge >= 0.3 is 11.5 Å². The van der Waals surface area contributed by atoms with Crippen molar-refractivity contribution in [1.82, 2.24) is 14.4 Å². The first-order chi connectivity index (χ1) is 11.8. The Kier molecular flexibility index (Phi) is 5.79. The Morgan fingerprint density at radius 2 is 1.92 bits per heavy atom. The molecule has 0 unspecified atom stereocenters. The van der Waals surface area contributed by atoms with Crippen LogP contribution >= 0.6 is 23.2 Å². The first-order valence-electron chi connectivity index (χ1n) is 6.69. The number of aromatic hydroxyl groups is 1. The maximum atomic E-state index is 11.7. The van der Waals surface area contributed by atoms with E-state index < -0.39 is 23.0 Å². The highest BCUT2D eigenvalue weighted by atomic mass is 35.5. The summed E-state index contributed by atoms with van der Waals surface area (Å²) >= 11 is 11.2. The Bertz CT molecular complexity index is 953. The van der Waals surface area contributed by atoms with E-state index in [1.54, 1.807) is 12.1 Å². The van der Waals surface area contributed by atoms with Crippen LogP contribution in [0.25, 0.3) is 5.65 Å². The SMILES string of the molecule is COC(=O)c1nc2ccc(Cl)cn2c(=O)c1O.Nc1ccc(Cl)cn1. The minimum Gasteiger partial charge on any atom is -0.501 e. The second-order valence-corrected chi connectivity index (χ2v) is 5.46. The number of hydrogen-bond acceptors (Lipinski definition) is 7. The van der Waals surface area contributed by atoms with E-state index in [9.17, 15) is 14.7 Å². The molecule has 0 aliphatic heterocycles. The van der Waals surface area contributed by atoms with Gasteiger partial charge in [0.1, 0.15) is 11.5 Å². The van der Waals surface area contributed by atoms with Crippen molar-refractivity contribution in [1.29, 1.82) is 0 Å². The normalized spacial score (nSPS) is 10.0. The lowest BCUT2D eigenvalue weighted by Crippen LogP contribution is -2.19. The van der Waals surface area contributed by atoms with Gasteiger partial charge in [-0.15, -0.1) is 0 Å². The molecular weight excluding hydrogens is 371 g/mol. The fourth-order valence-electron chi connectivity index (χ4n) is 1.73. The number of nitrogens with two attached hydrogens (primary N) is 1. The van der Waals surface area contributed by atoms with Crippen LogP contribution in [0.15, 0.2) is 41.5 Å². The van der Waals surface area contributed by atoms with Crippen molar-refractivity contribution in [3.8, 4) is 5.75 Å². The Balaban J connectivity index is 0.000000236. The molecule has 3 N–H and O–H groups in total. The van der Waals surface area contributed by atoms with Crippen molar-refractivity contribution in [3.05, 3.63) is 62.8 Å². The molecule has 0 aromatic carbocycles. The summed E-state index contributed by atoms with van der Waals surface area (Å²) in [6.07, 6.45) is 2.81. The number of carbonyl (C=O) groups excluding carboxylic acids is 1.